The van der Waals surface area contributed by atoms with Crippen molar-refractivity contribution in [3.05, 3.63) is 53.5 Å². The van der Waals surface area contributed by atoms with Gasteiger partial charge in [0.25, 0.3) is 5.91 Å². The number of rotatable bonds is 5. The summed E-state index contributed by atoms with van der Waals surface area (Å²) in [6.45, 7) is 6.67. The van der Waals surface area contributed by atoms with E-state index in [9.17, 15) is 4.79 Å². The average Bonchev–Trinajstić information content (AvgIpc) is 3.11. The van der Waals surface area contributed by atoms with Crippen LogP contribution >= 0.6 is 0 Å². The quantitative estimate of drug-likeness (QED) is 0.760. The van der Waals surface area contributed by atoms with Crippen LogP contribution in [0.5, 0.6) is 0 Å². The monoisotopic (exact) mass is 310 g/mol. The van der Waals surface area contributed by atoms with Gasteiger partial charge in [0.1, 0.15) is 5.69 Å². The molecule has 5 nitrogen and oxygen atoms in total. The Hall–Kier alpha value is -2.56. The molecular weight excluding hydrogens is 288 g/mol. The second kappa shape index (κ2) is 6.28. The predicted molar refractivity (Wildman–Crippen MR) is 91.7 cm³/mol. The van der Waals surface area contributed by atoms with E-state index in [0.29, 0.717) is 12.2 Å². The van der Waals surface area contributed by atoms with Crippen molar-refractivity contribution >= 4 is 16.8 Å². The van der Waals surface area contributed by atoms with Crippen LogP contribution in [0.2, 0.25) is 0 Å². The first-order valence-electron chi connectivity index (χ1n) is 7.95. The van der Waals surface area contributed by atoms with Crippen LogP contribution in [0.25, 0.3) is 10.9 Å². The number of nitrogens with zero attached hydrogens (tertiary/aromatic N) is 2. The van der Waals surface area contributed by atoms with Crippen molar-refractivity contribution in [1.82, 2.24) is 20.1 Å². The number of aryl methyl sites for hydroxylation is 1. The maximum atomic E-state index is 12.2. The van der Waals surface area contributed by atoms with Crippen LogP contribution in [0.4, 0.5) is 0 Å². The molecule has 120 valence electrons. The number of fused-ring (bicyclic) bond motifs is 1. The summed E-state index contributed by atoms with van der Waals surface area (Å²) < 4.78 is 1.87. The van der Waals surface area contributed by atoms with Gasteiger partial charge in [0.05, 0.1) is 0 Å². The molecule has 3 aromatic rings. The number of carbonyl (C=O) groups excluding carboxylic acids is 1. The average molecular weight is 310 g/mol. The number of aromatic amines is 1. The summed E-state index contributed by atoms with van der Waals surface area (Å²) in [7, 11) is 0. The largest absolute Gasteiger partial charge is 0.361 e. The van der Waals surface area contributed by atoms with Crippen LogP contribution in [0.3, 0.4) is 0 Å². The van der Waals surface area contributed by atoms with Crippen LogP contribution in [0.1, 0.15) is 41.6 Å². The minimum absolute atomic E-state index is 0.118. The Kier molecular flexibility index (Phi) is 4.19. The Morgan fingerprint density at radius 3 is 2.87 bits per heavy atom. The van der Waals surface area contributed by atoms with E-state index in [0.717, 1.165) is 17.6 Å². The van der Waals surface area contributed by atoms with Crippen LogP contribution in [-0.4, -0.2) is 27.2 Å². The lowest BCUT2D eigenvalue weighted by atomic mass is 10.1. The van der Waals surface area contributed by atoms with E-state index in [1.807, 2.05) is 36.0 Å². The molecule has 23 heavy (non-hydrogen) atoms. The standard InChI is InChI=1S/C18H22N4O/c1-12(2)22-13(3)10-17(21-22)18(23)19-9-8-14-11-20-16-7-5-4-6-15(14)16/h4-7,10-12,20H,8-9H2,1-3H3,(H,19,23). The smallest absolute Gasteiger partial charge is 0.271 e. The third kappa shape index (κ3) is 3.13. The molecule has 0 saturated carbocycles. The molecule has 1 amide bonds. The van der Waals surface area contributed by atoms with Crippen LogP contribution in [-0.2, 0) is 6.42 Å². The zero-order valence-electron chi connectivity index (χ0n) is 13.8. The highest BCUT2D eigenvalue weighted by molar-refractivity contribution is 5.92. The summed E-state index contributed by atoms with van der Waals surface area (Å²) in [5.74, 6) is -0.118. The highest BCUT2D eigenvalue weighted by Crippen LogP contribution is 2.17. The predicted octanol–water partition coefficient (Wildman–Crippen LogP) is 3.23. The van der Waals surface area contributed by atoms with Gasteiger partial charge in [0, 0.05) is 35.4 Å². The molecule has 0 radical (unpaired) electrons. The first-order chi connectivity index (χ1) is 11.1. The van der Waals surface area contributed by atoms with Gasteiger partial charge < -0.3 is 10.3 Å². The van der Waals surface area contributed by atoms with E-state index in [1.54, 1.807) is 0 Å². The zero-order chi connectivity index (χ0) is 16.4. The van der Waals surface area contributed by atoms with Gasteiger partial charge in [-0.2, -0.15) is 5.10 Å². The minimum Gasteiger partial charge on any atom is -0.361 e. The number of benzene rings is 1. The number of nitrogens with one attached hydrogen (secondary N) is 2. The van der Waals surface area contributed by atoms with E-state index in [4.69, 9.17) is 0 Å². The van der Waals surface area contributed by atoms with E-state index in [2.05, 4.69) is 41.4 Å². The van der Waals surface area contributed by atoms with Gasteiger partial charge in [-0.05, 0) is 44.9 Å². The number of amides is 1. The Balaban J connectivity index is 1.62. The molecule has 1 aromatic carbocycles. The Morgan fingerprint density at radius 1 is 1.35 bits per heavy atom. The lowest BCUT2D eigenvalue weighted by molar-refractivity contribution is 0.0948. The molecule has 3 rings (SSSR count). The number of aromatic nitrogens is 3. The molecule has 0 atom stereocenters. The molecular formula is C18H22N4O. The van der Waals surface area contributed by atoms with Gasteiger partial charge >= 0.3 is 0 Å². The molecule has 0 aliphatic heterocycles. The first-order valence-corrected chi connectivity index (χ1v) is 7.95. The molecule has 2 heterocycles. The van der Waals surface area contributed by atoms with E-state index in [-0.39, 0.29) is 11.9 Å². The zero-order valence-corrected chi connectivity index (χ0v) is 13.8. The molecule has 0 bridgehead atoms. The number of hydrogen-bond donors (Lipinski definition) is 2. The highest BCUT2D eigenvalue weighted by atomic mass is 16.1. The summed E-state index contributed by atoms with van der Waals surface area (Å²) in [6, 6.07) is 10.3. The van der Waals surface area contributed by atoms with Crippen LogP contribution in [0, 0.1) is 6.92 Å². The summed E-state index contributed by atoms with van der Waals surface area (Å²) in [4.78, 5) is 15.5. The van der Waals surface area contributed by atoms with Gasteiger partial charge in [-0.1, -0.05) is 18.2 Å². The van der Waals surface area contributed by atoms with Gasteiger partial charge in [-0.3, -0.25) is 9.48 Å². The van der Waals surface area contributed by atoms with Crippen molar-refractivity contribution in [2.45, 2.75) is 33.2 Å². The molecule has 2 N–H and O–H groups in total. The van der Waals surface area contributed by atoms with Crippen molar-refractivity contribution in [1.29, 1.82) is 0 Å². The highest BCUT2D eigenvalue weighted by Gasteiger charge is 2.13. The second-order valence-corrected chi connectivity index (χ2v) is 6.07. The summed E-state index contributed by atoms with van der Waals surface area (Å²) in [5, 5.41) is 8.54. The third-order valence-electron chi connectivity index (χ3n) is 4.00. The van der Waals surface area contributed by atoms with Crippen molar-refractivity contribution in [3.63, 3.8) is 0 Å². The van der Waals surface area contributed by atoms with Crippen molar-refractivity contribution in [2.75, 3.05) is 6.54 Å². The fourth-order valence-corrected chi connectivity index (χ4v) is 2.86. The second-order valence-electron chi connectivity index (χ2n) is 6.07. The number of hydrogen-bond acceptors (Lipinski definition) is 2. The van der Waals surface area contributed by atoms with E-state index in [1.165, 1.54) is 10.9 Å². The minimum atomic E-state index is -0.118. The number of carbonyl (C=O) groups is 1. The summed E-state index contributed by atoms with van der Waals surface area (Å²) in [5.41, 5.74) is 3.82. The maximum absolute atomic E-state index is 12.2. The number of para-hydroxylation sites is 1. The van der Waals surface area contributed by atoms with E-state index < -0.39 is 0 Å². The molecule has 0 saturated heterocycles. The summed E-state index contributed by atoms with van der Waals surface area (Å²) in [6.07, 6.45) is 2.80. The molecule has 0 aliphatic carbocycles. The molecule has 0 fully saturated rings. The van der Waals surface area contributed by atoms with Crippen molar-refractivity contribution in [3.8, 4) is 0 Å². The maximum Gasteiger partial charge on any atom is 0.271 e. The fraction of sp³-hybridized carbons (Fsp3) is 0.333. The van der Waals surface area contributed by atoms with Crippen LogP contribution < -0.4 is 5.32 Å². The van der Waals surface area contributed by atoms with Gasteiger partial charge in [-0.15, -0.1) is 0 Å². The van der Waals surface area contributed by atoms with Crippen molar-refractivity contribution in [2.24, 2.45) is 0 Å². The molecule has 0 aliphatic rings. The number of H-pyrrole nitrogens is 1. The molecule has 5 heteroatoms. The Labute approximate surface area is 135 Å². The lowest BCUT2D eigenvalue weighted by Crippen LogP contribution is -2.26. The SMILES string of the molecule is Cc1cc(C(=O)NCCc2c[nH]c3ccccc23)nn1C(C)C. The normalized spacial score (nSPS) is 11.3. The molecule has 2 aromatic heterocycles. The van der Waals surface area contributed by atoms with Gasteiger partial charge in [0.2, 0.25) is 0 Å². The summed E-state index contributed by atoms with van der Waals surface area (Å²) >= 11 is 0. The Morgan fingerprint density at radius 2 is 2.13 bits per heavy atom. The molecule has 0 unspecified atom stereocenters. The van der Waals surface area contributed by atoms with Gasteiger partial charge in [0.15, 0.2) is 0 Å². The van der Waals surface area contributed by atoms with Crippen LogP contribution in [0.15, 0.2) is 36.5 Å². The first kappa shape index (κ1) is 15.3. The fourth-order valence-electron chi connectivity index (χ4n) is 2.86. The van der Waals surface area contributed by atoms with Crippen molar-refractivity contribution < 1.29 is 4.79 Å². The topological polar surface area (TPSA) is 62.7 Å². The van der Waals surface area contributed by atoms with Gasteiger partial charge in [-0.25, -0.2) is 0 Å². The van der Waals surface area contributed by atoms with E-state index >= 15 is 0 Å². The molecule has 0 spiro atoms. The third-order valence-corrected chi connectivity index (χ3v) is 4.00. The Bertz CT molecular complexity index is 829. The lowest BCUT2D eigenvalue weighted by Gasteiger charge is -2.07.